The lowest BCUT2D eigenvalue weighted by atomic mass is 10.00. The third kappa shape index (κ3) is 2.20. The van der Waals surface area contributed by atoms with Crippen LogP contribution in [0.5, 0.6) is 0 Å². The molecule has 1 saturated heterocycles. The van der Waals surface area contributed by atoms with Gasteiger partial charge in [0.05, 0.1) is 12.6 Å². The number of amides is 1. The summed E-state index contributed by atoms with van der Waals surface area (Å²) in [5.41, 5.74) is 1.30. The first-order chi connectivity index (χ1) is 10.8. The summed E-state index contributed by atoms with van der Waals surface area (Å²) < 4.78 is 0. The topological polar surface area (TPSA) is 40.5 Å². The van der Waals surface area contributed by atoms with Gasteiger partial charge in [0, 0.05) is 12.5 Å². The van der Waals surface area contributed by atoms with Crippen molar-refractivity contribution in [3.63, 3.8) is 0 Å². The van der Waals surface area contributed by atoms with Crippen molar-refractivity contribution < 1.29 is 9.90 Å². The first kappa shape index (κ1) is 13.8. The van der Waals surface area contributed by atoms with E-state index in [4.69, 9.17) is 0 Å². The zero-order valence-electron chi connectivity index (χ0n) is 12.6. The number of nitrogens with zero attached hydrogens (tertiary/aromatic N) is 1. The van der Waals surface area contributed by atoms with Crippen LogP contribution in [0.15, 0.2) is 42.5 Å². The fraction of sp³-hybridized carbons (Fsp3) is 0.421. The van der Waals surface area contributed by atoms with Gasteiger partial charge in [-0.2, -0.15) is 0 Å². The van der Waals surface area contributed by atoms with Gasteiger partial charge in [-0.1, -0.05) is 42.5 Å². The van der Waals surface area contributed by atoms with Gasteiger partial charge in [0.15, 0.2) is 0 Å². The molecular weight excluding hydrogens is 274 g/mol. The molecule has 2 aromatic rings. The van der Waals surface area contributed by atoms with Crippen LogP contribution in [0.2, 0.25) is 0 Å². The molecule has 2 aliphatic rings. The van der Waals surface area contributed by atoms with E-state index in [0.29, 0.717) is 5.92 Å². The van der Waals surface area contributed by atoms with Gasteiger partial charge in [-0.3, -0.25) is 4.79 Å². The predicted octanol–water partition coefficient (Wildman–Crippen LogP) is 2.93. The van der Waals surface area contributed by atoms with Crippen LogP contribution in [0, 0.1) is 5.92 Å². The molecule has 3 heteroatoms. The SMILES string of the molecule is O=C(C1CC1c1cccc2ccccc12)N1CCC[C@@H]1CO. The number of hydrogen-bond acceptors (Lipinski definition) is 2. The molecule has 0 bridgehead atoms. The lowest BCUT2D eigenvalue weighted by Gasteiger charge is -2.23. The molecular formula is C19H21NO2. The van der Waals surface area contributed by atoms with E-state index in [-0.39, 0.29) is 24.5 Å². The third-order valence-corrected chi connectivity index (χ3v) is 5.20. The number of aliphatic hydroxyl groups excluding tert-OH is 1. The normalized spacial score (nSPS) is 27.3. The van der Waals surface area contributed by atoms with Gasteiger partial charge in [0.25, 0.3) is 0 Å². The molecule has 22 heavy (non-hydrogen) atoms. The summed E-state index contributed by atoms with van der Waals surface area (Å²) in [6.45, 7) is 0.903. The van der Waals surface area contributed by atoms with Crippen molar-refractivity contribution in [1.82, 2.24) is 4.90 Å². The second-order valence-corrected chi connectivity index (χ2v) is 6.53. The zero-order valence-corrected chi connectivity index (χ0v) is 12.6. The summed E-state index contributed by atoms with van der Waals surface area (Å²) in [5.74, 6) is 0.700. The van der Waals surface area contributed by atoms with Crippen LogP contribution in [0.25, 0.3) is 10.8 Å². The Kier molecular flexibility index (Phi) is 3.38. The molecule has 1 heterocycles. The van der Waals surface area contributed by atoms with Crippen molar-refractivity contribution in [1.29, 1.82) is 0 Å². The Bertz CT molecular complexity index is 706. The van der Waals surface area contributed by atoms with E-state index in [1.807, 2.05) is 4.90 Å². The monoisotopic (exact) mass is 295 g/mol. The van der Waals surface area contributed by atoms with Crippen LogP contribution < -0.4 is 0 Å². The zero-order chi connectivity index (χ0) is 15.1. The molecule has 3 atom stereocenters. The molecule has 2 fully saturated rings. The van der Waals surface area contributed by atoms with Crippen LogP contribution in [0.3, 0.4) is 0 Å². The van der Waals surface area contributed by atoms with Crippen LogP contribution in [0.4, 0.5) is 0 Å². The number of hydrogen-bond donors (Lipinski definition) is 1. The molecule has 0 radical (unpaired) electrons. The van der Waals surface area contributed by atoms with E-state index in [2.05, 4.69) is 42.5 Å². The highest BCUT2D eigenvalue weighted by Gasteiger charge is 2.47. The molecule has 4 rings (SSSR count). The lowest BCUT2D eigenvalue weighted by molar-refractivity contribution is -0.134. The maximum absolute atomic E-state index is 12.7. The number of rotatable bonds is 3. The average Bonchev–Trinajstić information content (AvgIpc) is 3.21. The Balaban J connectivity index is 1.57. The third-order valence-electron chi connectivity index (χ3n) is 5.20. The summed E-state index contributed by atoms with van der Waals surface area (Å²) in [6, 6.07) is 14.8. The van der Waals surface area contributed by atoms with Crippen molar-refractivity contribution in [3.05, 3.63) is 48.0 Å². The molecule has 1 saturated carbocycles. The van der Waals surface area contributed by atoms with Crippen LogP contribution in [0.1, 0.15) is 30.7 Å². The number of benzene rings is 2. The van der Waals surface area contributed by atoms with Crippen molar-refractivity contribution in [2.75, 3.05) is 13.2 Å². The minimum atomic E-state index is 0.0428. The predicted molar refractivity (Wildman–Crippen MR) is 86.6 cm³/mol. The van der Waals surface area contributed by atoms with Crippen LogP contribution in [-0.2, 0) is 4.79 Å². The maximum atomic E-state index is 12.7. The minimum Gasteiger partial charge on any atom is -0.394 e. The summed E-state index contributed by atoms with van der Waals surface area (Å²) >= 11 is 0. The van der Waals surface area contributed by atoms with Crippen molar-refractivity contribution >= 4 is 16.7 Å². The molecule has 3 nitrogen and oxygen atoms in total. The highest BCUT2D eigenvalue weighted by Crippen LogP contribution is 2.50. The molecule has 1 aliphatic carbocycles. The summed E-state index contributed by atoms with van der Waals surface area (Å²) in [4.78, 5) is 14.6. The average molecular weight is 295 g/mol. The Labute approximate surface area is 130 Å². The molecule has 0 aromatic heterocycles. The van der Waals surface area contributed by atoms with E-state index < -0.39 is 0 Å². The molecule has 2 aromatic carbocycles. The second kappa shape index (κ2) is 5.40. The number of likely N-dealkylation sites (tertiary alicyclic amines) is 1. The van der Waals surface area contributed by atoms with E-state index in [0.717, 1.165) is 25.8 Å². The van der Waals surface area contributed by atoms with Gasteiger partial charge in [-0.15, -0.1) is 0 Å². The maximum Gasteiger partial charge on any atom is 0.226 e. The van der Waals surface area contributed by atoms with E-state index in [1.54, 1.807) is 0 Å². The highest BCUT2D eigenvalue weighted by atomic mass is 16.3. The molecule has 0 spiro atoms. The summed E-state index contributed by atoms with van der Waals surface area (Å²) in [6.07, 6.45) is 2.90. The first-order valence-corrected chi connectivity index (χ1v) is 8.18. The van der Waals surface area contributed by atoms with E-state index in [1.165, 1.54) is 16.3 Å². The number of carbonyl (C=O) groups is 1. The van der Waals surface area contributed by atoms with Crippen LogP contribution in [-0.4, -0.2) is 35.1 Å². The smallest absolute Gasteiger partial charge is 0.226 e. The van der Waals surface area contributed by atoms with E-state index >= 15 is 0 Å². The van der Waals surface area contributed by atoms with Gasteiger partial charge in [-0.25, -0.2) is 0 Å². The molecule has 1 aliphatic heterocycles. The van der Waals surface area contributed by atoms with Gasteiger partial charge in [0.2, 0.25) is 5.91 Å². The Morgan fingerprint density at radius 3 is 2.86 bits per heavy atom. The molecule has 114 valence electrons. The Hall–Kier alpha value is -1.87. The van der Waals surface area contributed by atoms with Crippen molar-refractivity contribution in [2.24, 2.45) is 5.92 Å². The highest BCUT2D eigenvalue weighted by molar-refractivity contribution is 5.89. The fourth-order valence-electron chi connectivity index (χ4n) is 3.91. The van der Waals surface area contributed by atoms with Gasteiger partial charge in [0.1, 0.15) is 0 Å². The molecule has 1 N–H and O–H groups in total. The number of aliphatic hydroxyl groups is 1. The van der Waals surface area contributed by atoms with Gasteiger partial charge < -0.3 is 10.0 Å². The Morgan fingerprint density at radius 1 is 1.18 bits per heavy atom. The number of fused-ring (bicyclic) bond motifs is 1. The van der Waals surface area contributed by atoms with Crippen LogP contribution >= 0.6 is 0 Å². The molecule has 2 unspecified atom stereocenters. The number of carbonyl (C=O) groups excluding carboxylic acids is 1. The standard InChI is InChI=1S/C19H21NO2/c21-12-14-7-4-10-20(14)19(22)18-11-17(18)16-9-3-6-13-5-1-2-8-15(13)16/h1-3,5-6,8-9,14,17-18,21H,4,7,10-12H2/t14-,17?,18?/m1/s1. The van der Waals surface area contributed by atoms with Crippen molar-refractivity contribution in [2.45, 2.75) is 31.2 Å². The largest absolute Gasteiger partial charge is 0.394 e. The van der Waals surface area contributed by atoms with Gasteiger partial charge >= 0.3 is 0 Å². The Morgan fingerprint density at radius 2 is 2.00 bits per heavy atom. The fourth-order valence-corrected chi connectivity index (χ4v) is 3.91. The first-order valence-electron chi connectivity index (χ1n) is 8.18. The quantitative estimate of drug-likeness (QED) is 0.946. The lowest BCUT2D eigenvalue weighted by Crippen LogP contribution is -2.38. The summed E-state index contributed by atoms with van der Waals surface area (Å²) in [7, 11) is 0. The minimum absolute atomic E-state index is 0.0428. The second-order valence-electron chi connectivity index (χ2n) is 6.53. The summed E-state index contributed by atoms with van der Waals surface area (Å²) in [5, 5.41) is 11.9. The van der Waals surface area contributed by atoms with Gasteiger partial charge in [-0.05, 0) is 41.5 Å². The van der Waals surface area contributed by atoms with E-state index in [9.17, 15) is 9.90 Å². The van der Waals surface area contributed by atoms with Crippen molar-refractivity contribution in [3.8, 4) is 0 Å². The molecule has 1 amide bonds.